The molecular formula is C20H20N2O4. The van der Waals surface area contributed by atoms with Gasteiger partial charge in [-0.05, 0) is 49.2 Å². The monoisotopic (exact) mass is 352 g/mol. The molecule has 1 aliphatic rings. The summed E-state index contributed by atoms with van der Waals surface area (Å²) in [6, 6.07) is 15.7. The van der Waals surface area contributed by atoms with E-state index in [1.165, 1.54) is 0 Å². The number of benzene rings is 2. The van der Waals surface area contributed by atoms with E-state index in [4.69, 9.17) is 5.11 Å². The molecule has 1 saturated heterocycles. The Morgan fingerprint density at radius 3 is 2.04 bits per heavy atom. The number of rotatable bonds is 4. The number of anilines is 1. The van der Waals surface area contributed by atoms with Crippen molar-refractivity contribution in [3.8, 4) is 0 Å². The van der Waals surface area contributed by atoms with Crippen LogP contribution in [-0.2, 0) is 4.79 Å². The van der Waals surface area contributed by atoms with Gasteiger partial charge in [-0.25, -0.2) is 0 Å². The average molecular weight is 352 g/mol. The van der Waals surface area contributed by atoms with Gasteiger partial charge >= 0.3 is 5.97 Å². The van der Waals surface area contributed by atoms with Crippen molar-refractivity contribution < 1.29 is 19.5 Å². The van der Waals surface area contributed by atoms with Gasteiger partial charge < -0.3 is 15.3 Å². The first kappa shape index (κ1) is 17.7. The van der Waals surface area contributed by atoms with Crippen molar-refractivity contribution in [2.24, 2.45) is 5.92 Å². The quantitative estimate of drug-likeness (QED) is 0.886. The smallest absolute Gasteiger partial charge is 0.306 e. The van der Waals surface area contributed by atoms with Crippen molar-refractivity contribution >= 4 is 23.5 Å². The maximum Gasteiger partial charge on any atom is 0.306 e. The zero-order chi connectivity index (χ0) is 18.5. The molecule has 2 aromatic rings. The molecule has 2 amide bonds. The second-order valence-corrected chi connectivity index (χ2v) is 6.30. The van der Waals surface area contributed by atoms with Crippen LogP contribution in [0.5, 0.6) is 0 Å². The summed E-state index contributed by atoms with van der Waals surface area (Å²) in [5, 5.41) is 11.8. The van der Waals surface area contributed by atoms with E-state index in [1.807, 2.05) is 18.2 Å². The molecule has 0 aromatic heterocycles. The third-order valence-corrected chi connectivity index (χ3v) is 4.56. The van der Waals surface area contributed by atoms with E-state index in [-0.39, 0.29) is 17.7 Å². The minimum absolute atomic E-state index is 0.135. The molecule has 0 unspecified atom stereocenters. The maximum absolute atomic E-state index is 12.5. The number of carboxylic acid groups (broad SMARTS) is 1. The lowest BCUT2D eigenvalue weighted by molar-refractivity contribution is -0.143. The normalized spacial score (nSPS) is 14.7. The Bertz CT molecular complexity index is 794. The number of likely N-dealkylation sites (tertiary alicyclic amines) is 1. The Hall–Kier alpha value is -3.15. The minimum atomic E-state index is -0.800. The van der Waals surface area contributed by atoms with Crippen LogP contribution in [0.2, 0.25) is 0 Å². The Morgan fingerprint density at radius 1 is 0.885 bits per heavy atom. The molecule has 6 nitrogen and oxygen atoms in total. The summed E-state index contributed by atoms with van der Waals surface area (Å²) in [4.78, 5) is 37.4. The molecule has 0 saturated carbocycles. The lowest BCUT2D eigenvalue weighted by Crippen LogP contribution is -2.40. The van der Waals surface area contributed by atoms with E-state index in [1.54, 1.807) is 41.3 Å². The lowest BCUT2D eigenvalue weighted by atomic mass is 9.96. The predicted molar refractivity (Wildman–Crippen MR) is 97.1 cm³/mol. The number of carboxylic acids is 1. The molecule has 0 atom stereocenters. The van der Waals surface area contributed by atoms with Gasteiger partial charge in [0.1, 0.15) is 0 Å². The van der Waals surface area contributed by atoms with E-state index in [0.29, 0.717) is 42.7 Å². The van der Waals surface area contributed by atoms with Crippen molar-refractivity contribution in [1.29, 1.82) is 0 Å². The third kappa shape index (κ3) is 4.08. The summed E-state index contributed by atoms with van der Waals surface area (Å²) < 4.78 is 0. The highest BCUT2D eigenvalue weighted by Crippen LogP contribution is 2.19. The zero-order valence-corrected chi connectivity index (χ0v) is 14.2. The first-order chi connectivity index (χ1) is 12.5. The molecule has 2 N–H and O–H groups in total. The second-order valence-electron chi connectivity index (χ2n) is 6.30. The molecular weight excluding hydrogens is 332 g/mol. The first-order valence-electron chi connectivity index (χ1n) is 8.53. The van der Waals surface area contributed by atoms with Crippen LogP contribution in [-0.4, -0.2) is 40.9 Å². The molecule has 0 bridgehead atoms. The van der Waals surface area contributed by atoms with Crippen molar-refractivity contribution in [1.82, 2.24) is 4.90 Å². The Kier molecular flexibility index (Phi) is 5.31. The topological polar surface area (TPSA) is 86.7 Å². The number of carbonyl (C=O) groups is 3. The van der Waals surface area contributed by atoms with Gasteiger partial charge in [-0.15, -0.1) is 0 Å². The molecule has 0 radical (unpaired) electrons. The van der Waals surface area contributed by atoms with Gasteiger partial charge in [-0.3, -0.25) is 14.4 Å². The number of carbonyl (C=O) groups excluding carboxylic acids is 2. The van der Waals surface area contributed by atoms with Gasteiger partial charge in [-0.2, -0.15) is 0 Å². The Balaban J connectivity index is 1.61. The number of amides is 2. The van der Waals surface area contributed by atoms with Crippen LogP contribution < -0.4 is 5.32 Å². The van der Waals surface area contributed by atoms with Gasteiger partial charge in [0.25, 0.3) is 11.8 Å². The average Bonchev–Trinajstić information content (AvgIpc) is 2.68. The molecule has 3 rings (SSSR count). The van der Waals surface area contributed by atoms with Crippen molar-refractivity contribution in [3.05, 3.63) is 65.7 Å². The van der Waals surface area contributed by atoms with Crippen molar-refractivity contribution in [2.75, 3.05) is 18.4 Å². The van der Waals surface area contributed by atoms with Crippen LogP contribution >= 0.6 is 0 Å². The van der Waals surface area contributed by atoms with E-state index in [9.17, 15) is 14.4 Å². The van der Waals surface area contributed by atoms with E-state index >= 15 is 0 Å². The van der Waals surface area contributed by atoms with Crippen molar-refractivity contribution in [3.63, 3.8) is 0 Å². The summed E-state index contributed by atoms with van der Waals surface area (Å²) in [5.41, 5.74) is 1.67. The summed E-state index contributed by atoms with van der Waals surface area (Å²) in [6.45, 7) is 0.873. The molecule has 2 aromatic carbocycles. The standard InChI is InChI=1S/C20H20N2O4/c23-18(21-17-4-2-1-3-5-17)14-6-8-15(9-7-14)19(24)22-12-10-16(11-13-22)20(25)26/h1-9,16H,10-13H2,(H,21,23)(H,25,26). The second kappa shape index (κ2) is 7.82. The molecule has 1 heterocycles. The number of hydrogen-bond donors (Lipinski definition) is 2. The number of piperidine rings is 1. The summed E-state index contributed by atoms with van der Waals surface area (Å²) in [7, 11) is 0. The van der Waals surface area contributed by atoms with Gasteiger partial charge in [0.2, 0.25) is 0 Å². The highest BCUT2D eigenvalue weighted by atomic mass is 16.4. The molecule has 6 heteroatoms. The predicted octanol–water partition coefficient (Wildman–Crippen LogP) is 2.88. The zero-order valence-electron chi connectivity index (χ0n) is 14.2. The van der Waals surface area contributed by atoms with Crippen LogP contribution in [0.1, 0.15) is 33.6 Å². The van der Waals surface area contributed by atoms with Gasteiger partial charge in [0, 0.05) is 29.9 Å². The molecule has 1 fully saturated rings. The van der Waals surface area contributed by atoms with Gasteiger partial charge in [-0.1, -0.05) is 18.2 Å². The van der Waals surface area contributed by atoms with Crippen LogP contribution in [0, 0.1) is 5.92 Å². The van der Waals surface area contributed by atoms with Crippen LogP contribution in [0.4, 0.5) is 5.69 Å². The largest absolute Gasteiger partial charge is 0.481 e. The SMILES string of the molecule is O=C(Nc1ccccc1)c1ccc(C(=O)N2CCC(C(=O)O)CC2)cc1. The van der Waals surface area contributed by atoms with E-state index in [2.05, 4.69) is 5.32 Å². The fourth-order valence-electron chi connectivity index (χ4n) is 3.00. The number of hydrogen-bond acceptors (Lipinski definition) is 3. The molecule has 0 aliphatic carbocycles. The third-order valence-electron chi connectivity index (χ3n) is 4.56. The molecule has 26 heavy (non-hydrogen) atoms. The number of aliphatic carboxylic acids is 1. The molecule has 1 aliphatic heterocycles. The highest BCUT2D eigenvalue weighted by Gasteiger charge is 2.27. The van der Waals surface area contributed by atoms with Crippen molar-refractivity contribution in [2.45, 2.75) is 12.8 Å². The van der Waals surface area contributed by atoms with E-state index < -0.39 is 5.97 Å². The minimum Gasteiger partial charge on any atom is -0.481 e. The van der Waals surface area contributed by atoms with Gasteiger partial charge in [0.05, 0.1) is 5.92 Å². The summed E-state index contributed by atoms with van der Waals surface area (Å²) >= 11 is 0. The highest BCUT2D eigenvalue weighted by molar-refractivity contribution is 6.05. The molecule has 0 spiro atoms. The van der Waals surface area contributed by atoms with Crippen LogP contribution in [0.25, 0.3) is 0 Å². The Labute approximate surface area is 151 Å². The van der Waals surface area contributed by atoms with E-state index in [0.717, 1.165) is 0 Å². The fraction of sp³-hybridized carbons (Fsp3) is 0.250. The fourth-order valence-corrected chi connectivity index (χ4v) is 3.00. The summed E-state index contributed by atoms with van der Waals surface area (Å²) in [5.74, 6) is -1.55. The maximum atomic E-state index is 12.5. The molecule has 134 valence electrons. The number of para-hydroxylation sites is 1. The lowest BCUT2D eigenvalue weighted by Gasteiger charge is -2.30. The van der Waals surface area contributed by atoms with Crippen LogP contribution in [0.15, 0.2) is 54.6 Å². The number of nitrogens with one attached hydrogen (secondary N) is 1. The Morgan fingerprint density at radius 2 is 1.46 bits per heavy atom. The summed E-state index contributed by atoms with van der Waals surface area (Å²) in [6.07, 6.45) is 0.942. The first-order valence-corrected chi connectivity index (χ1v) is 8.53. The van der Waals surface area contributed by atoms with Crippen LogP contribution in [0.3, 0.4) is 0 Å². The van der Waals surface area contributed by atoms with Gasteiger partial charge in [0.15, 0.2) is 0 Å². The number of nitrogens with zero attached hydrogens (tertiary/aromatic N) is 1.